The van der Waals surface area contributed by atoms with Crippen molar-refractivity contribution in [2.24, 2.45) is 0 Å². The summed E-state index contributed by atoms with van der Waals surface area (Å²) < 4.78 is 6.34. The quantitative estimate of drug-likeness (QED) is 0.585. The lowest BCUT2D eigenvalue weighted by Crippen LogP contribution is -2.32. The zero-order valence-corrected chi connectivity index (χ0v) is 18.7. The summed E-state index contributed by atoms with van der Waals surface area (Å²) in [7, 11) is 0. The van der Waals surface area contributed by atoms with Gasteiger partial charge in [-0.2, -0.15) is 0 Å². The Kier molecular flexibility index (Phi) is 6.41. The minimum absolute atomic E-state index is 0.0356. The number of hydrogen-bond donors (Lipinski definition) is 2. The molecule has 1 fully saturated rings. The van der Waals surface area contributed by atoms with Crippen molar-refractivity contribution < 1.29 is 19.1 Å². The highest BCUT2D eigenvalue weighted by Crippen LogP contribution is 2.31. The summed E-state index contributed by atoms with van der Waals surface area (Å²) in [6.07, 6.45) is 1.97. The van der Waals surface area contributed by atoms with E-state index in [0.29, 0.717) is 23.5 Å². The van der Waals surface area contributed by atoms with E-state index in [4.69, 9.17) is 16.3 Å². The van der Waals surface area contributed by atoms with Crippen LogP contribution in [0.4, 0.5) is 11.4 Å². The highest BCUT2D eigenvalue weighted by molar-refractivity contribution is 9.10. The van der Waals surface area contributed by atoms with Crippen LogP contribution in [0.15, 0.2) is 63.7 Å². The summed E-state index contributed by atoms with van der Waals surface area (Å²) in [6, 6.07) is 13.4. The number of amides is 3. The molecule has 1 atom stereocenters. The first-order valence-electron chi connectivity index (χ1n) is 9.75. The monoisotopic (exact) mass is 503 g/mol. The fourth-order valence-corrected chi connectivity index (χ4v) is 3.91. The Morgan fingerprint density at radius 3 is 2.65 bits per heavy atom. The fourth-order valence-electron chi connectivity index (χ4n) is 3.43. The van der Waals surface area contributed by atoms with Crippen LogP contribution in [0.1, 0.15) is 23.2 Å². The van der Waals surface area contributed by atoms with Crippen LogP contribution < -0.4 is 15.5 Å². The van der Waals surface area contributed by atoms with Crippen molar-refractivity contribution >= 4 is 56.6 Å². The van der Waals surface area contributed by atoms with Gasteiger partial charge < -0.3 is 15.4 Å². The molecule has 1 unspecified atom stereocenters. The Morgan fingerprint density at radius 1 is 1.16 bits per heavy atom. The predicted octanol–water partition coefficient (Wildman–Crippen LogP) is 3.79. The van der Waals surface area contributed by atoms with Crippen LogP contribution in [0.2, 0.25) is 0 Å². The van der Waals surface area contributed by atoms with Crippen molar-refractivity contribution in [3.63, 3.8) is 0 Å². The molecule has 3 amide bonds. The number of nitrogens with zero attached hydrogens (tertiary/aromatic N) is 1. The number of rotatable bonds is 6. The number of hydrogen-bond acceptors (Lipinski definition) is 5. The number of anilines is 2. The van der Waals surface area contributed by atoms with Gasteiger partial charge in [0, 0.05) is 28.9 Å². The summed E-state index contributed by atoms with van der Waals surface area (Å²) in [4.78, 5) is 38.9. The van der Waals surface area contributed by atoms with Gasteiger partial charge >= 0.3 is 0 Å². The molecule has 2 N–H and O–H groups in total. The van der Waals surface area contributed by atoms with Crippen molar-refractivity contribution in [1.29, 1.82) is 0 Å². The molecule has 0 saturated carbocycles. The minimum Gasteiger partial charge on any atom is -0.376 e. The van der Waals surface area contributed by atoms with Gasteiger partial charge in [0.05, 0.1) is 11.8 Å². The van der Waals surface area contributed by atoms with Crippen LogP contribution in [0.3, 0.4) is 0 Å². The molecule has 2 aliphatic rings. The average Bonchev–Trinajstić information content (AvgIpc) is 3.36. The summed E-state index contributed by atoms with van der Waals surface area (Å²) in [5.74, 6) is -1.42. The number of imide groups is 1. The summed E-state index contributed by atoms with van der Waals surface area (Å²) in [5, 5.41) is 5.55. The topological polar surface area (TPSA) is 87.7 Å². The largest absolute Gasteiger partial charge is 0.376 e. The van der Waals surface area contributed by atoms with Crippen LogP contribution in [0, 0.1) is 0 Å². The summed E-state index contributed by atoms with van der Waals surface area (Å²) >= 11 is 9.50. The Bertz CT molecular complexity index is 1060. The molecule has 9 heteroatoms. The van der Waals surface area contributed by atoms with Crippen LogP contribution >= 0.6 is 27.5 Å². The molecule has 0 radical (unpaired) electrons. The van der Waals surface area contributed by atoms with Gasteiger partial charge in [-0.25, -0.2) is 4.90 Å². The molecule has 4 rings (SSSR count). The van der Waals surface area contributed by atoms with E-state index >= 15 is 0 Å². The van der Waals surface area contributed by atoms with Crippen molar-refractivity contribution in [2.75, 3.05) is 23.4 Å². The number of benzene rings is 2. The molecular weight excluding hydrogens is 486 g/mol. The van der Waals surface area contributed by atoms with E-state index in [1.807, 2.05) is 0 Å². The summed E-state index contributed by atoms with van der Waals surface area (Å²) in [5.41, 5.74) is 1.26. The van der Waals surface area contributed by atoms with E-state index in [1.54, 1.807) is 48.5 Å². The molecule has 0 spiro atoms. The molecule has 7 nitrogen and oxygen atoms in total. The van der Waals surface area contributed by atoms with Gasteiger partial charge in [0.1, 0.15) is 10.7 Å². The molecule has 2 aromatic carbocycles. The molecule has 2 heterocycles. The zero-order chi connectivity index (χ0) is 22.0. The number of carbonyl (C=O) groups excluding carboxylic acids is 3. The maximum absolute atomic E-state index is 12.9. The van der Waals surface area contributed by atoms with Crippen molar-refractivity contribution in [2.45, 2.75) is 18.9 Å². The maximum atomic E-state index is 12.9. The molecule has 0 aliphatic carbocycles. The van der Waals surface area contributed by atoms with Crippen LogP contribution in [0.25, 0.3) is 0 Å². The number of carbonyl (C=O) groups is 3. The average molecular weight is 505 g/mol. The minimum atomic E-state index is -0.609. The Morgan fingerprint density at radius 2 is 1.94 bits per heavy atom. The third kappa shape index (κ3) is 4.66. The number of ether oxygens (including phenoxy) is 1. The smallest absolute Gasteiger partial charge is 0.283 e. The van der Waals surface area contributed by atoms with Crippen LogP contribution in [0.5, 0.6) is 0 Å². The van der Waals surface area contributed by atoms with E-state index < -0.39 is 11.8 Å². The Balaban J connectivity index is 1.47. The number of halogens is 2. The highest BCUT2D eigenvalue weighted by atomic mass is 79.9. The lowest BCUT2D eigenvalue weighted by Gasteiger charge is -2.15. The van der Waals surface area contributed by atoms with Gasteiger partial charge in [0.15, 0.2) is 0 Å². The van der Waals surface area contributed by atoms with E-state index in [0.717, 1.165) is 28.8 Å². The molecule has 31 heavy (non-hydrogen) atoms. The van der Waals surface area contributed by atoms with Crippen molar-refractivity contribution in [1.82, 2.24) is 5.32 Å². The van der Waals surface area contributed by atoms with Gasteiger partial charge in [0.2, 0.25) is 0 Å². The van der Waals surface area contributed by atoms with E-state index in [1.165, 1.54) is 0 Å². The third-order valence-corrected chi connectivity index (χ3v) is 5.90. The maximum Gasteiger partial charge on any atom is 0.283 e. The van der Waals surface area contributed by atoms with Gasteiger partial charge in [-0.05, 0) is 55.3 Å². The molecular formula is C22H19BrClN3O4. The van der Waals surface area contributed by atoms with E-state index in [9.17, 15) is 14.4 Å². The lowest BCUT2D eigenvalue weighted by atomic mass is 10.1. The van der Waals surface area contributed by atoms with Gasteiger partial charge in [-0.3, -0.25) is 14.4 Å². The van der Waals surface area contributed by atoms with E-state index in [2.05, 4.69) is 26.6 Å². The van der Waals surface area contributed by atoms with Gasteiger partial charge in [0.25, 0.3) is 17.7 Å². The normalized spacial score (nSPS) is 18.6. The van der Waals surface area contributed by atoms with Gasteiger partial charge in [-0.1, -0.05) is 33.6 Å². The SMILES string of the molecule is O=C(NCC1CCCO1)c1cccc(NC2=C(Cl)C(=O)N(c3ccc(Br)cc3)C2=O)c1. The standard InChI is InChI=1S/C22H19BrClN3O4/c23-14-6-8-16(9-7-14)27-21(29)18(24)19(22(27)30)26-15-4-1-3-13(11-15)20(28)25-12-17-5-2-10-31-17/h1,3-4,6-9,11,17,26H,2,5,10,12H2,(H,25,28). The second-order valence-corrected chi connectivity index (χ2v) is 8.46. The molecule has 2 aromatic rings. The van der Waals surface area contributed by atoms with Crippen molar-refractivity contribution in [3.8, 4) is 0 Å². The first kappa shape index (κ1) is 21.5. The fraction of sp³-hybridized carbons (Fsp3) is 0.227. The van der Waals surface area contributed by atoms with Crippen LogP contribution in [-0.2, 0) is 14.3 Å². The molecule has 1 saturated heterocycles. The van der Waals surface area contributed by atoms with Gasteiger partial charge in [-0.15, -0.1) is 0 Å². The molecule has 160 valence electrons. The second kappa shape index (κ2) is 9.21. The molecule has 0 aromatic heterocycles. The third-order valence-electron chi connectivity index (χ3n) is 5.02. The van der Waals surface area contributed by atoms with E-state index in [-0.39, 0.29) is 22.7 Å². The Labute approximate surface area is 192 Å². The number of nitrogens with one attached hydrogen (secondary N) is 2. The first-order valence-corrected chi connectivity index (χ1v) is 10.9. The van der Waals surface area contributed by atoms with Crippen molar-refractivity contribution in [3.05, 3.63) is 69.3 Å². The van der Waals surface area contributed by atoms with Crippen LogP contribution in [-0.4, -0.2) is 37.0 Å². The lowest BCUT2D eigenvalue weighted by molar-refractivity contribution is -0.120. The first-order chi connectivity index (χ1) is 14.9. The second-order valence-electron chi connectivity index (χ2n) is 7.16. The predicted molar refractivity (Wildman–Crippen MR) is 121 cm³/mol. The Hall–Kier alpha value is -2.68. The molecule has 0 bridgehead atoms. The molecule has 2 aliphatic heterocycles. The summed E-state index contributed by atoms with van der Waals surface area (Å²) in [6.45, 7) is 1.17. The highest BCUT2D eigenvalue weighted by Gasteiger charge is 2.39. The zero-order valence-electron chi connectivity index (χ0n) is 16.4.